The SMILES string of the molecule is C/C(=N/Nc1nc(C(F)(F)F)nc2ccccc12)c1ccc(N2CCOCC2)cc1. The maximum atomic E-state index is 13.2. The Morgan fingerprint density at radius 1 is 1.03 bits per heavy atom. The van der Waals surface area contributed by atoms with E-state index in [9.17, 15) is 13.2 Å². The summed E-state index contributed by atoms with van der Waals surface area (Å²) in [6.07, 6.45) is -4.64. The van der Waals surface area contributed by atoms with Crippen LogP contribution in [0.4, 0.5) is 24.7 Å². The highest BCUT2D eigenvalue weighted by Gasteiger charge is 2.35. The average Bonchev–Trinajstić information content (AvgIpc) is 2.77. The second-order valence-corrected chi connectivity index (χ2v) is 6.87. The summed E-state index contributed by atoms with van der Waals surface area (Å²) in [5, 5.41) is 4.72. The summed E-state index contributed by atoms with van der Waals surface area (Å²) in [6.45, 7) is 4.88. The monoisotopic (exact) mass is 415 g/mol. The molecule has 0 saturated carbocycles. The van der Waals surface area contributed by atoms with Gasteiger partial charge in [0.25, 0.3) is 0 Å². The van der Waals surface area contributed by atoms with Crippen molar-refractivity contribution in [2.75, 3.05) is 36.6 Å². The molecular formula is C21H20F3N5O. The van der Waals surface area contributed by atoms with Crippen LogP contribution in [0.2, 0.25) is 0 Å². The van der Waals surface area contributed by atoms with Crippen LogP contribution in [0.15, 0.2) is 53.6 Å². The molecule has 2 aromatic carbocycles. The molecule has 1 aliphatic heterocycles. The minimum absolute atomic E-state index is 0.0113. The van der Waals surface area contributed by atoms with Gasteiger partial charge in [0.2, 0.25) is 5.82 Å². The smallest absolute Gasteiger partial charge is 0.378 e. The molecule has 1 N–H and O–H groups in total. The van der Waals surface area contributed by atoms with E-state index in [4.69, 9.17) is 4.74 Å². The number of halogens is 3. The van der Waals surface area contributed by atoms with Gasteiger partial charge >= 0.3 is 6.18 Å². The molecule has 156 valence electrons. The zero-order chi connectivity index (χ0) is 21.1. The van der Waals surface area contributed by atoms with Crippen molar-refractivity contribution in [2.45, 2.75) is 13.1 Å². The third kappa shape index (κ3) is 4.35. The van der Waals surface area contributed by atoms with Gasteiger partial charge in [-0.3, -0.25) is 5.43 Å². The van der Waals surface area contributed by atoms with Crippen LogP contribution in [0, 0.1) is 0 Å². The van der Waals surface area contributed by atoms with Gasteiger partial charge in [-0.15, -0.1) is 0 Å². The normalized spacial score (nSPS) is 15.5. The number of para-hydroxylation sites is 1. The Balaban J connectivity index is 1.57. The number of benzene rings is 2. The van der Waals surface area contributed by atoms with Crippen LogP contribution in [0.1, 0.15) is 18.3 Å². The van der Waals surface area contributed by atoms with E-state index in [0.717, 1.165) is 24.3 Å². The summed E-state index contributed by atoms with van der Waals surface area (Å²) in [6, 6.07) is 14.4. The predicted octanol–water partition coefficient (Wildman–Crippen LogP) is 4.32. The second-order valence-electron chi connectivity index (χ2n) is 6.87. The second kappa shape index (κ2) is 8.27. The van der Waals surface area contributed by atoms with E-state index in [1.165, 1.54) is 6.07 Å². The molecule has 0 spiro atoms. The van der Waals surface area contributed by atoms with Crippen LogP contribution >= 0.6 is 0 Å². The highest BCUT2D eigenvalue weighted by Crippen LogP contribution is 2.30. The zero-order valence-electron chi connectivity index (χ0n) is 16.3. The lowest BCUT2D eigenvalue weighted by Gasteiger charge is -2.28. The van der Waals surface area contributed by atoms with Gasteiger partial charge in [-0.2, -0.15) is 18.3 Å². The number of aromatic nitrogens is 2. The summed E-state index contributed by atoms with van der Waals surface area (Å²) in [5.74, 6) is -1.19. The Morgan fingerprint density at radius 2 is 1.73 bits per heavy atom. The van der Waals surface area contributed by atoms with Crippen LogP contribution in [0.3, 0.4) is 0 Å². The lowest BCUT2D eigenvalue weighted by atomic mass is 10.1. The fraction of sp³-hybridized carbons (Fsp3) is 0.286. The molecule has 0 unspecified atom stereocenters. The minimum atomic E-state index is -4.64. The van der Waals surface area contributed by atoms with Gasteiger partial charge < -0.3 is 9.64 Å². The van der Waals surface area contributed by atoms with E-state index in [2.05, 4.69) is 25.4 Å². The van der Waals surface area contributed by atoms with Crippen molar-refractivity contribution in [3.63, 3.8) is 0 Å². The predicted molar refractivity (Wildman–Crippen MR) is 110 cm³/mol. The lowest BCUT2D eigenvalue weighted by molar-refractivity contribution is -0.144. The number of hydrogen-bond donors (Lipinski definition) is 1. The number of hydrazone groups is 1. The van der Waals surface area contributed by atoms with Gasteiger partial charge in [0.05, 0.1) is 24.4 Å². The Morgan fingerprint density at radius 3 is 2.43 bits per heavy atom. The fourth-order valence-electron chi connectivity index (χ4n) is 3.22. The topological polar surface area (TPSA) is 62.6 Å². The molecule has 0 aliphatic carbocycles. The van der Waals surface area contributed by atoms with Gasteiger partial charge in [0.1, 0.15) is 0 Å². The van der Waals surface area contributed by atoms with E-state index in [0.29, 0.717) is 24.3 Å². The maximum absolute atomic E-state index is 13.2. The molecule has 1 aromatic heterocycles. The number of alkyl halides is 3. The van der Waals surface area contributed by atoms with E-state index in [1.807, 2.05) is 24.3 Å². The van der Waals surface area contributed by atoms with Crippen molar-refractivity contribution < 1.29 is 17.9 Å². The Labute approximate surface area is 171 Å². The molecule has 0 radical (unpaired) electrons. The van der Waals surface area contributed by atoms with E-state index in [1.54, 1.807) is 25.1 Å². The number of nitrogens with zero attached hydrogens (tertiary/aromatic N) is 4. The van der Waals surface area contributed by atoms with Crippen molar-refractivity contribution >= 4 is 28.1 Å². The summed E-state index contributed by atoms with van der Waals surface area (Å²) in [5.41, 5.74) is 5.46. The Kier molecular flexibility index (Phi) is 5.54. The number of morpholine rings is 1. The van der Waals surface area contributed by atoms with Crippen molar-refractivity contribution in [3.8, 4) is 0 Å². The first-order valence-corrected chi connectivity index (χ1v) is 9.49. The van der Waals surface area contributed by atoms with Crippen LogP contribution in [-0.2, 0) is 10.9 Å². The molecular weight excluding hydrogens is 395 g/mol. The van der Waals surface area contributed by atoms with Crippen molar-refractivity contribution in [1.29, 1.82) is 0 Å². The minimum Gasteiger partial charge on any atom is -0.378 e. The van der Waals surface area contributed by atoms with Gasteiger partial charge in [0.15, 0.2) is 5.82 Å². The molecule has 9 heteroatoms. The highest BCUT2D eigenvalue weighted by molar-refractivity contribution is 5.99. The Bertz CT molecular complexity index is 1060. The van der Waals surface area contributed by atoms with Gasteiger partial charge in [-0.05, 0) is 36.8 Å². The first-order chi connectivity index (χ1) is 14.4. The average molecular weight is 415 g/mol. The molecule has 1 aliphatic rings. The molecule has 0 bridgehead atoms. The maximum Gasteiger partial charge on any atom is 0.451 e. The van der Waals surface area contributed by atoms with Crippen LogP contribution in [0.5, 0.6) is 0 Å². The molecule has 30 heavy (non-hydrogen) atoms. The van der Waals surface area contributed by atoms with E-state index >= 15 is 0 Å². The zero-order valence-corrected chi connectivity index (χ0v) is 16.3. The van der Waals surface area contributed by atoms with Crippen molar-refractivity contribution in [1.82, 2.24) is 9.97 Å². The molecule has 3 aromatic rings. The van der Waals surface area contributed by atoms with Crippen LogP contribution in [-0.4, -0.2) is 42.0 Å². The number of anilines is 2. The van der Waals surface area contributed by atoms with Gasteiger partial charge in [0, 0.05) is 24.2 Å². The van der Waals surface area contributed by atoms with E-state index < -0.39 is 12.0 Å². The van der Waals surface area contributed by atoms with E-state index in [-0.39, 0.29) is 11.3 Å². The largest absolute Gasteiger partial charge is 0.451 e. The first kappa shape index (κ1) is 20.1. The highest BCUT2D eigenvalue weighted by atomic mass is 19.4. The number of hydrogen-bond acceptors (Lipinski definition) is 6. The Hall–Kier alpha value is -3.20. The fourth-order valence-corrected chi connectivity index (χ4v) is 3.22. The number of nitrogens with one attached hydrogen (secondary N) is 1. The standard InChI is InChI=1S/C21H20F3N5O/c1-14(15-6-8-16(9-7-15)29-10-12-30-13-11-29)27-28-19-17-4-2-3-5-18(17)25-20(26-19)21(22,23)24/h2-9H,10-13H2,1H3,(H,25,26,28)/b27-14-. The molecule has 2 heterocycles. The molecule has 4 rings (SSSR count). The molecule has 1 saturated heterocycles. The summed E-state index contributed by atoms with van der Waals surface area (Å²) in [7, 11) is 0. The molecule has 0 atom stereocenters. The van der Waals surface area contributed by atoms with Gasteiger partial charge in [-0.25, -0.2) is 9.97 Å². The van der Waals surface area contributed by atoms with Gasteiger partial charge in [-0.1, -0.05) is 24.3 Å². The lowest BCUT2D eigenvalue weighted by Crippen LogP contribution is -2.36. The number of ether oxygens (including phenoxy) is 1. The third-order valence-corrected chi connectivity index (χ3v) is 4.85. The van der Waals surface area contributed by atoms with Crippen molar-refractivity contribution in [2.24, 2.45) is 5.10 Å². The summed E-state index contributed by atoms with van der Waals surface area (Å²) >= 11 is 0. The first-order valence-electron chi connectivity index (χ1n) is 9.49. The number of fused-ring (bicyclic) bond motifs is 1. The summed E-state index contributed by atoms with van der Waals surface area (Å²) in [4.78, 5) is 9.49. The molecule has 6 nitrogen and oxygen atoms in total. The third-order valence-electron chi connectivity index (χ3n) is 4.85. The number of rotatable bonds is 4. The van der Waals surface area contributed by atoms with Crippen LogP contribution < -0.4 is 10.3 Å². The molecule has 0 amide bonds. The van der Waals surface area contributed by atoms with Crippen LogP contribution in [0.25, 0.3) is 10.9 Å². The summed E-state index contributed by atoms with van der Waals surface area (Å²) < 4.78 is 44.8. The van der Waals surface area contributed by atoms with Crippen molar-refractivity contribution in [3.05, 3.63) is 59.9 Å². The molecule has 1 fully saturated rings. The quantitative estimate of drug-likeness (QED) is 0.508.